The number of amides is 1. The van der Waals surface area contributed by atoms with Crippen molar-refractivity contribution in [2.75, 3.05) is 18.9 Å². The van der Waals surface area contributed by atoms with Crippen molar-refractivity contribution in [3.8, 4) is 0 Å². The van der Waals surface area contributed by atoms with Crippen molar-refractivity contribution in [1.82, 2.24) is 5.32 Å². The van der Waals surface area contributed by atoms with Gasteiger partial charge in [0.05, 0.1) is 0 Å². The van der Waals surface area contributed by atoms with Gasteiger partial charge in [-0.25, -0.2) is 0 Å². The maximum Gasteiger partial charge on any atom is 0.221 e. The first kappa shape index (κ1) is 13.0. The highest BCUT2D eigenvalue weighted by Crippen LogP contribution is 2.09. The predicted molar refractivity (Wildman–Crippen MR) is 70.0 cm³/mol. The Bertz CT molecular complexity index is 397. The van der Waals surface area contributed by atoms with Gasteiger partial charge in [0.1, 0.15) is 0 Å². The molecule has 1 aromatic carbocycles. The summed E-state index contributed by atoms with van der Waals surface area (Å²) in [4.78, 5) is 14.6. The summed E-state index contributed by atoms with van der Waals surface area (Å²) in [6.07, 6.45) is 0.858. The highest BCUT2D eigenvalue weighted by atomic mass is 16.1. The molecule has 1 amide bonds. The van der Waals surface area contributed by atoms with E-state index in [0.717, 1.165) is 18.7 Å². The van der Waals surface area contributed by atoms with Crippen LogP contribution in [0.2, 0.25) is 0 Å². The maximum atomic E-state index is 10.8. The third-order valence-electron chi connectivity index (χ3n) is 2.24. The summed E-state index contributed by atoms with van der Waals surface area (Å²) >= 11 is 0. The number of nitrogens with two attached hydrogens (primary N) is 1. The van der Waals surface area contributed by atoms with Gasteiger partial charge in [0.2, 0.25) is 5.91 Å². The standard InChI is InChI=1S/C12H18N4O/c1-9(17)16-11-5-3-10(4-6-11)7-8-15-12(13)14-2/h3-6H,7-8H2,1-2H3,(H,16,17)(H3,13,14,15). The van der Waals surface area contributed by atoms with Crippen molar-refractivity contribution < 1.29 is 4.79 Å². The number of carbonyl (C=O) groups is 1. The molecule has 0 aromatic heterocycles. The Kier molecular flexibility index (Phi) is 5.00. The van der Waals surface area contributed by atoms with E-state index in [-0.39, 0.29) is 5.91 Å². The van der Waals surface area contributed by atoms with Gasteiger partial charge in [-0.3, -0.25) is 9.79 Å². The number of nitrogens with one attached hydrogen (secondary N) is 2. The first-order valence-electron chi connectivity index (χ1n) is 5.44. The molecule has 0 bridgehead atoms. The summed E-state index contributed by atoms with van der Waals surface area (Å²) in [6.45, 7) is 2.23. The van der Waals surface area contributed by atoms with Crippen LogP contribution in [0.15, 0.2) is 29.3 Å². The van der Waals surface area contributed by atoms with E-state index in [4.69, 9.17) is 5.73 Å². The zero-order valence-electron chi connectivity index (χ0n) is 10.2. The molecule has 5 nitrogen and oxygen atoms in total. The fraction of sp³-hybridized carbons (Fsp3) is 0.333. The topological polar surface area (TPSA) is 79.5 Å². The van der Waals surface area contributed by atoms with Crippen molar-refractivity contribution in [2.45, 2.75) is 13.3 Å². The molecule has 92 valence electrons. The second-order valence-corrected chi connectivity index (χ2v) is 3.66. The molecular formula is C12H18N4O. The Labute approximate surface area is 101 Å². The minimum atomic E-state index is -0.0636. The minimum Gasteiger partial charge on any atom is -0.370 e. The van der Waals surface area contributed by atoms with Gasteiger partial charge in [-0.1, -0.05) is 12.1 Å². The van der Waals surface area contributed by atoms with Crippen molar-refractivity contribution in [2.24, 2.45) is 10.7 Å². The summed E-state index contributed by atoms with van der Waals surface area (Å²) in [5, 5.41) is 5.71. The van der Waals surface area contributed by atoms with E-state index < -0.39 is 0 Å². The number of hydrogen-bond donors (Lipinski definition) is 3. The second kappa shape index (κ2) is 6.52. The summed E-state index contributed by atoms with van der Waals surface area (Å²) in [5.41, 5.74) is 7.49. The van der Waals surface area contributed by atoms with E-state index in [1.54, 1.807) is 7.05 Å². The van der Waals surface area contributed by atoms with Gasteiger partial charge in [0.25, 0.3) is 0 Å². The quantitative estimate of drug-likeness (QED) is 0.530. The Morgan fingerprint density at radius 1 is 1.35 bits per heavy atom. The molecule has 0 heterocycles. The molecule has 0 atom stereocenters. The largest absolute Gasteiger partial charge is 0.370 e. The van der Waals surface area contributed by atoms with Gasteiger partial charge in [-0.15, -0.1) is 0 Å². The number of aliphatic imine (C=N–C) groups is 1. The molecule has 0 radical (unpaired) electrons. The summed E-state index contributed by atoms with van der Waals surface area (Å²) in [7, 11) is 1.64. The van der Waals surface area contributed by atoms with Gasteiger partial charge >= 0.3 is 0 Å². The van der Waals surface area contributed by atoms with Crippen molar-refractivity contribution >= 4 is 17.6 Å². The molecule has 0 spiro atoms. The molecular weight excluding hydrogens is 216 g/mol. The molecule has 0 aliphatic rings. The van der Waals surface area contributed by atoms with Crippen LogP contribution in [0.5, 0.6) is 0 Å². The number of hydrogen-bond acceptors (Lipinski definition) is 2. The van der Waals surface area contributed by atoms with Crippen LogP contribution in [0.1, 0.15) is 12.5 Å². The predicted octanol–water partition coefficient (Wildman–Crippen LogP) is 0.722. The monoisotopic (exact) mass is 234 g/mol. The molecule has 0 aliphatic heterocycles. The lowest BCUT2D eigenvalue weighted by atomic mass is 10.1. The number of rotatable bonds is 4. The SMILES string of the molecule is CN=C(N)NCCc1ccc(NC(C)=O)cc1. The van der Waals surface area contributed by atoms with E-state index in [1.807, 2.05) is 24.3 Å². The number of carbonyl (C=O) groups excluding carboxylic acids is 1. The number of guanidine groups is 1. The van der Waals surface area contributed by atoms with Crippen LogP contribution in [0.3, 0.4) is 0 Å². The van der Waals surface area contributed by atoms with Crippen LogP contribution in [0, 0.1) is 0 Å². The third-order valence-corrected chi connectivity index (χ3v) is 2.24. The van der Waals surface area contributed by atoms with Crippen molar-refractivity contribution in [3.05, 3.63) is 29.8 Å². The highest BCUT2D eigenvalue weighted by molar-refractivity contribution is 5.88. The maximum absolute atomic E-state index is 10.8. The van der Waals surface area contributed by atoms with Gasteiger partial charge in [0, 0.05) is 26.2 Å². The minimum absolute atomic E-state index is 0.0636. The van der Waals surface area contributed by atoms with Crippen LogP contribution in [-0.2, 0) is 11.2 Å². The Hall–Kier alpha value is -2.04. The fourth-order valence-electron chi connectivity index (χ4n) is 1.37. The summed E-state index contributed by atoms with van der Waals surface area (Å²) < 4.78 is 0. The second-order valence-electron chi connectivity index (χ2n) is 3.66. The van der Waals surface area contributed by atoms with Crippen LogP contribution in [0.4, 0.5) is 5.69 Å². The van der Waals surface area contributed by atoms with E-state index >= 15 is 0 Å². The molecule has 0 unspecified atom stereocenters. The smallest absolute Gasteiger partial charge is 0.221 e. The molecule has 0 fully saturated rings. The molecule has 1 aromatic rings. The Morgan fingerprint density at radius 2 is 2.00 bits per heavy atom. The van der Waals surface area contributed by atoms with Gasteiger partial charge in [-0.05, 0) is 24.1 Å². The lowest BCUT2D eigenvalue weighted by Gasteiger charge is -2.06. The average Bonchev–Trinajstić information content (AvgIpc) is 2.30. The molecule has 5 heteroatoms. The summed E-state index contributed by atoms with van der Waals surface area (Å²) in [5.74, 6) is 0.381. The van der Waals surface area contributed by atoms with Crippen molar-refractivity contribution in [1.29, 1.82) is 0 Å². The molecule has 17 heavy (non-hydrogen) atoms. The number of nitrogens with zero attached hydrogens (tertiary/aromatic N) is 1. The van der Waals surface area contributed by atoms with Gasteiger partial charge in [0.15, 0.2) is 5.96 Å². The van der Waals surface area contributed by atoms with Crippen LogP contribution >= 0.6 is 0 Å². The van der Waals surface area contributed by atoms with Crippen molar-refractivity contribution in [3.63, 3.8) is 0 Å². The van der Waals surface area contributed by atoms with E-state index in [1.165, 1.54) is 12.5 Å². The first-order chi connectivity index (χ1) is 8.11. The zero-order chi connectivity index (χ0) is 12.7. The van der Waals surface area contributed by atoms with E-state index in [9.17, 15) is 4.79 Å². The molecule has 0 saturated carbocycles. The lowest BCUT2D eigenvalue weighted by molar-refractivity contribution is -0.114. The molecule has 0 saturated heterocycles. The molecule has 1 rings (SSSR count). The lowest BCUT2D eigenvalue weighted by Crippen LogP contribution is -2.32. The fourth-order valence-corrected chi connectivity index (χ4v) is 1.37. The number of benzene rings is 1. The zero-order valence-corrected chi connectivity index (χ0v) is 10.2. The Balaban J connectivity index is 2.43. The number of anilines is 1. The summed E-state index contributed by atoms with van der Waals surface area (Å²) in [6, 6.07) is 7.72. The average molecular weight is 234 g/mol. The van der Waals surface area contributed by atoms with Gasteiger partial charge < -0.3 is 16.4 Å². The van der Waals surface area contributed by atoms with E-state index in [0.29, 0.717) is 5.96 Å². The van der Waals surface area contributed by atoms with Crippen LogP contribution in [-0.4, -0.2) is 25.5 Å². The molecule has 0 aliphatic carbocycles. The van der Waals surface area contributed by atoms with E-state index in [2.05, 4.69) is 15.6 Å². The van der Waals surface area contributed by atoms with Crippen LogP contribution in [0.25, 0.3) is 0 Å². The highest BCUT2D eigenvalue weighted by Gasteiger charge is 1.97. The third kappa shape index (κ3) is 5.01. The van der Waals surface area contributed by atoms with Gasteiger partial charge in [-0.2, -0.15) is 0 Å². The van der Waals surface area contributed by atoms with Crippen LogP contribution < -0.4 is 16.4 Å². The first-order valence-corrected chi connectivity index (χ1v) is 5.44. The normalized spacial score (nSPS) is 11.1. The molecule has 4 N–H and O–H groups in total. The Morgan fingerprint density at radius 3 is 2.53 bits per heavy atom.